The molecule has 7 N–H and O–H groups in total. The summed E-state index contributed by atoms with van der Waals surface area (Å²) < 4.78 is 17.5. The Morgan fingerprint density at radius 3 is 2.25 bits per heavy atom. The monoisotopic (exact) mass is 719 g/mol. The molecule has 1 unspecified atom stereocenters. The summed E-state index contributed by atoms with van der Waals surface area (Å²) in [6.45, 7) is 14.7. The van der Waals surface area contributed by atoms with E-state index in [9.17, 15) is 44.7 Å². The molecular formula is C38H57NO12. The van der Waals surface area contributed by atoms with Gasteiger partial charge in [-0.1, -0.05) is 32.4 Å². The molecule has 13 nitrogen and oxygen atoms in total. The van der Waals surface area contributed by atoms with Gasteiger partial charge in [0.15, 0.2) is 17.9 Å². The van der Waals surface area contributed by atoms with Crippen molar-refractivity contribution in [1.82, 2.24) is 0 Å². The number of allylic oxidation sites excluding steroid dienone is 2. The molecule has 1 heterocycles. The molecule has 0 radical (unpaired) electrons. The van der Waals surface area contributed by atoms with Crippen molar-refractivity contribution >= 4 is 23.3 Å². The first-order chi connectivity index (χ1) is 23.3. The van der Waals surface area contributed by atoms with Crippen LogP contribution in [0.25, 0.3) is 0 Å². The smallest absolute Gasteiger partial charge is 0.303 e. The molecule has 286 valence electrons. The second-order valence-corrected chi connectivity index (χ2v) is 17.6. The Labute approximate surface area is 299 Å². The molecule has 0 spiro atoms. The Kier molecular flexibility index (Phi) is 10.1. The van der Waals surface area contributed by atoms with Crippen LogP contribution < -0.4 is 5.73 Å². The van der Waals surface area contributed by atoms with E-state index in [0.29, 0.717) is 12.8 Å². The summed E-state index contributed by atoms with van der Waals surface area (Å²) >= 11 is 0. The zero-order chi connectivity index (χ0) is 38.4. The third kappa shape index (κ3) is 6.00. The zero-order valence-electron chi connectivity index (χ0n) is 31.2. The summed E-state index contributed by atoms with van der Waals surface area (Å²) in [5, 5.41) is 54.3. The normalized spacial score (nSPS) is 45.0. The highest BCUT2D eigenvalue weighted by atomic mass is 16.7. The Morgan fingerprint density at radius 1 is 1.04 bits per heavy atom. The summed E-state index contributed by atoms with van der Waals surface area (Å²) in [6, 6.07) is -0.744. The van der Waals surface area contributed by atoms with E-state index in [1.54, 1.807) is 13.8 Å². The summed E-state index contributed by atoms with van der Waals surface area (Å²) in [6.07, 6.45) is -3.46. The van der Waals surface area contributed by atoms with Crippen LogP contribution in [0.4, 0.5) is 0 Å². The Hall–Kier alpha value is -2.36. The number of hydrogen-bond acceptors (Lipinski definition) is 13. The SMILES string of the molecule is CC(=O)OC(C)(C)/C=C/C(=O)[C@](C)(O)C1[C@H](O[C@H]2O[C@H](CO)[C@@H](O)[C@H](O)[C@H]2O)C[C@@]2(C)[C@@H]3CC=C4[C@@H](C[C@H](N)C(=O)C4(C)C)[C@]3(C)C(=O)C[C@]12C. The quantitative estimate of drug-likeness (QED) is 0.118. The maximum absolute atomic E-state index is 14.8. The number of carbonyl (C=O) groups is 4. The van der Waals surface area contributed by atoms with E-state index in [-0.39, 0.29) is 36.2 Å². The first kappa shape index (κ1) is 39.8. The number of rotatable bonds is 8. The molecule has 1 saturated heterocycles. The molecule has 4 fully saturated rings. The molecule has 0 aromatic rings. The minimum atomic E-state index is -2.18. The predicted molar refractivity (Wildman–Crippen MR) is 182 cm³/mol. The lowest BCUT2D eigenvalue weighted by atomic mass is 9.38. The highest BCUT2D eigenvalue weighted by molar-refractivity contribution is 5.98. The fourth-order valence-corrected chi connectivity index (χ4v) is 10.9. The number of ketones is 3. The average Bonchev–Trinajstić information content (AvgIpc) is 3.25. The highest BCUT2D eigenvalue weighted by Gasteiger charge is 2.75. The van der Waals surface area contributed by atoms with Gasteiger partial charge in [-0.2, -0.15) is 0 Å². The second kappa shape index (κ2) is 12.9. The van der Waals surface area contributed by atoms with Crippen LogP contribution in [0.15, 0.2) is 23.8 Å². The number of esters is 1. The number of ether oxygens (including phenoxy) is 3. The van der Waals surface area contributed by atoms with Gasteiger partial charge >= 0.3 is 5.97 Å². The van der Waals surface area contributed by atoms with E-state index < -0.39 is 100.0 Å². The maximum Gasteiger partial charge on any atom is 0.303 e. The van der Waals surface area contributed by atoms with Crippen LogP contribution in [0.5, 0.6) is 0 Å². The molecule has 3 saturated carbocycles. The molecular weight excluding hydrogens is 662 g/mol. The Balaban J connectivity index is 1.62. The van der Waals surface area contributed by atoms with Crippen molar-refractivity contribution in [3.8, 4) is 0 Å². The van der Waals surface area contributed by atoms with E-state index in [4.69, 9.17) is 19.9 Å². The van der Waals surface area contributed by atoms with Gasteiger partial charge in [0.2, 0.25) is 0 Å². The van der Waals surface area contributed by atoms with Crippen molar-refractivity contribution in [3.63, 3.8) is 0 Å². The van der Waals surface area contributed by atoms with Crippen LogP contribution in [0.3, 0.4) is 0 Å². The number of carbonyl (C=O) groups excluding carboxylic acids is 4. The third-order valence-electron chi connectivity index (χ3n) is 13.8. The average molecular weight is 720 g/mol. The van der Waals surface area contributed by atoms with Crippen LogP contribution in [0.2, 0.25) is 0 Å². The van der Waals surface area contributed by atoms with Gasteiger partial charge in [0.05, 0.1) is 18.8 Å². The van der Waals surface area contributed by atoms with Crippen molar-refractivity contribution in [2.24, 2.45) is 45.1 Å². The molecule has 0 aromatic carbocycles. The van der Waals surface area contributed by atoms with Gasteiger partial charge < -0.3 is 45.5 Å². The first-order valence-corrected chi connectivity index (χ1v) is 18.0. The minimum Gasteiger partial charge on any atom is -0.456 e. The maximum atomic E-state index is 14.8. The van der Waals surface area contributed by atoms with Gasteiger partial charge in [-0.3, -0.25) is 19.2 Å². The first-order valence-electron chi connectivity index (χ1n) is 18.0. The third-order valence-corrected chi connectivity index (χ3v) is 13.8. The van der Waals surface area contributed by atoms with Crippen molar-refractivity contribution < 1.29 is 58.9 Å². The van der Waals surface area contributed by atoms with Crippen molar-refractivity contribution in [3.05, 3.63) is 23.8 Å². The Bertz CT molecular complexity index is 1520. The lowest BCUT2D eigenvalue weighted by Gasteiger charge is -2.64. The second-order valence-electron chi connectivity index (χ2n) is 17.6. The number of aliphatic hydroxyl groups is 5. The predicted octanol–water partition coefficient (Wildman–Crippen LogP) is 1.29. The lowest BCUT2D eigenvalue weighted by Crippen LogP contribution is -2.66. The molecule has 1 aliphatic heterocycles. The molecule has 0 bridgehead atoms. The van der Waals surface area contributed by atoms with E-state index in [0.717, 1.165) is 11.6 Å². The van der Waals surface area contributed by atoms with E-state index in [1.165, 1.54) is 19.9 Å². The van der Waals surface area contributed by atoms with Crippen LogP contribution in [0, 0.1) is 39.4 Å². The fourth-order valence-electron chi connectivity index (χ4n) is 10.9. The largest absolute Gasteiger partial charge is 0.456 e. The number of aliphatic hydroxyl groups excluding tert-OH is 4. The molecule has 0 aromatic heterocycles. The lowest BCUT2D eigenvalue weighted by molar-refractivity contribution is -0.317. The van der Waals surface area contributed by atoms with Crippen molar-refractivity contribution in [2.75, 3.05) is 6.61 Å². The molecule has 4 aliphatic carbocycles. The number of nitrogens with two attached hydrogens (primary N) is 1. The van der Waals surface area contributed by atoms with Crippen LogP contribution in [0.1, 0.15) is 88.0 Å². The van der Waals surface area contributed by atoms with Gasteiger partial charge in [-0.25, -0.2) is 0 Å². The summed E-state index contributed by atoms with van der Waals surface area (Å²) in [4.78, 5) is 53.8. The van der Waals surface area contributed by atoms with Gasteiger partial charge in [0, 0.05) is 30.1 Å². The molecule has 13 heteroatoms. The van der Waals surface area contributed by atoms with Crippen LogP contribution >= 0.6 is 0 Å². The summed E-state index contributed by atoms with van der Waals surface area (Å²) in [5.74, 6) is -3.17. The van der Waals surface area contributed by atoms with E-state index in [1.807, 2.05) is 34.6 Å². The molecule has 5 aliphatic rings. The van der Waals surface area contributed by atoms with Crippen LogP contribution in [-0.4, -0.2) is 110 Å². The topological polar surface area (TPSA) is 223 Å². The molecule has 5 rings (SSSR count). The van der Waals surface area contributed by atoms with Gasteiger partial charge in [-0.15, -0.1) is 0 Å². The standard InChI is InChI=1S/C38H57NO12/c1-18(41)51-33(2,3)13-12-25(42)38(9,48)30-22(49-32-29(46)28(45)27(44)23(17-40)50-32)15-35(6)24-11-10-19-20(14-21(39)31(47)34(19,4)5)37(24,8)26(43)16-36(30,35)7/h10,12-13,20-24,27-30,32,40,44-46,48H,11,14-17,39H2,1-9H3/b13-12+/t20-,21+,22-,23-,24+,27-,28+,29-,30?,32+,35+,36-,37+,38+/m1/s1. The number of Topliss-reactive ketones (excluding diaryl/α,β-unsaturated/α-hetero) is 2. The Morgan fingerprint density at radius 2 is 1.67 bits per heavy atom. The van der Waals surface area contributed by atoms with Crippen LogP contribution in [-0.2, 0) is 33.4 Å². The summed E-state index contributed by atoms with van der Waals surface area (Å²) in [5.41, 5.74) is 0.299. The van der Waals surface area contributed by atoms with Crippen molar-refractivity contribution in [1.29, 1.82) is 0 Å². The number of hydrogen-bond donors (Lipinski definition) is 6. The highest BCUT2D eigenvalue weighted by Crippen LogP contribution is 2.74. The van der Waals surface area contributed by atoms with Gasteiger partial charge in [-0.05, 0) is 88.7 Å². The van der Waals surface area contributed by atoms with Gasteiger partial charge in [0.1, 0.15) is 41.4 Å². The summed E-state index contributed by atoms with van der Waals surface area (Å²) in [7, 11) is 0. The minimum absolute atomic E-state index is 0.0464. The van der Waals surface area contributed by atoms with E-state index in [2.05, 4.69) is 6.08 Å². The molecule has 0 amide bonds. The molecule has 14 atom stereocenters. The molecule has 51 heavy (non-hydrogen) atoms. The number of fused-ring (bicyclic) bond motifs is 5. The zero-order valence-corrected chi connectivity index (χ0v) is 31.2. The van der Waals surface area contributed by atoms with Gasteiger partial charge in [0.25, 0.3) is 0 Å². The van der Waals surface area contributed by atoms with Crippen molar-refractivity contribution in [2.45, 2.75) is 142 Å². The van der Waals surface area contributed by atoms with E-state index >= 15 is 0 Å². The fraction of sp³-hybridized carbons (Fsp3) is 0.789.